The molecular formula is C19H24N2O2. The van der Waals surface area contributed by atoms with Gasteiger partial charge in [-0.15, -0.1) is 0 Å². The summed E-state index contributed by atoms with van der Waals surface area (Å²) in [5.41, 5.74) is 2.29. The minimum atomic E-state index is -0.145. The van der Waals surface area contributed by atoms with Gasteiger partial charge in [0.2, 0.25) is 11.8 Å². The molecule has 23 heavy (non-hydrogen) atoms. The molecule has 122 valence electrons. The third-order valence-corrected chi connectivity index (χ3v) is 5.50. The quantitative estimate of drug-likeness (QED) is 0.933. The number of nitrogens with one attached hydrogen (secondary N) is 1. The third-order valence-electron chi connectivity index (χ3n) is 5.50. The Labute approximate surface area is 137 Å². The number of para-hydroxylation sites is 1. The molecule has 2 fully saturated rings. The van der Waals surface area contributed by atoms with Crippen LogP contribution in [0.3, 0.4) is 0 Å². The molecule has 2 atom stereocenters. The molecule has 0 saturated heterocycles. The molecule has 2 aliphatic carbocycles. The highest BCUT2D eigenvalue weighted by atomic mass is 16.2. The molecule has 4 rings (SSSR count). The SMILES string of the molecule is O=C(NC1CC1)[C@@H]1CCCC[C@H]1C(=O)N1CCc2ccccc21. The molecule has 0 bridgehead atoms. The van der Waals surface area contributed by atoms with Crippen molar-refractivity contribution >= 4 is 17.5 Å². The second-order valence-corrected chi connectivity index (χ2v) is 7.15. The smallest absolute Gasteiger partial charge is 0.230 e. The van der Waals surface area contributed by atoms with Crippen LogP contribution in [0.1, 0.15) is 44.1 Å². The summed E-state index contributed by atoms with van der Waals surface area (Å²) in [6.45, 7) is 0.756. The van der Waals surface area contributed by atoms with Crippen LogP contribution in [0.5, 0.6) is 0 Å². The first-order valence-electron chi connectivity index (χ1n) is 8.93. The zero-order chi connectivity index (χ0) is 15.8. The van der Waals surface area contributed by atoms with Crippen LogP contribution in [0.4, 0.5) is 5.69 Å². The Bertz CT molecular complexity index is 624. The van der Waals surface area contributed by atoms with Gasteiger partial charge in [0.15, 0.2) is 0 Å². The van der Waals surface area contributed by atoms with E-state index in [0.717, 1.165) is 57.2 Å². The Morgan fingerprint density at radius 2 is 1.74 bits per heavy atom. The van der Waals surface area contributed by atoms with Crippen molar-refractivity contribution in [3.05, 3.63) is 29.8 Å². The molecule has 4 heteroatoms. The van der Waals surface area contributed by atoms with Crippen molar-refractivity contribution in [1.82, 2.24) is 5.32 Å². The number of fused-ring (bicyclic) bond motifs is 1. The monoisotopic (exact) mass is 312 g/mol. The summed E-state index contributed by atoms with van der Waals surface area (Å²) >= 11 is 0. The van der Waals surface area contributed by atoms with E-state index in [0.29, 0.717) is 6.04 Å². The maximum Gasteiger partial charge on any atom is 0.230 e. The lowest BCUT2D eigenvalue weighted by Crippen LogP contribution is -2.45. The molecular weight excluding hydrogens is 288 g/mol. The van der Waals surface area contributed by atoms with Crippen molar-refractivity contribution in [2.45, 2.75) is 51.0 Å². The maximum absolute atomic E-state index is 13.1. The predicted octanol–water partition coefficient (Wildman–Crippen LogP) is 2.66. The highest BCUT2D eigenvalue weighted by Gasteiger charge is 2.40. The van der Waals surface area contributed by atoms with E-state index in [-0.39, 0.29) is 23.7 Å². The number of hydrogen-bond acceptors (Lipinski definition) is 2. The summed E-state index contributed by atoms with van der Waals surface area (Å²) < 4.78 is 0. The first-order chi connectivity index (χ1) is 11.2. The van der Waals surface area contributed by atoms with Gasteiger partial charge in [0.05, 0.1) is 5.92 Å². The van der Waals surface area contributed by atoms with Crippen molar-refractivity contribution in [2.75, 3.05) is 11.4 Å². The van der Waals surface area contributed by atoms with E-state index in [9.17, 15) is 9.59 Å². The molecule has 0 radical (unpaired) electrons. The number of rotatable bonds is 3. The Balaban J connectivity index is 1.52. The Kier molecular flexibility index (Phi) is 3.83. The third kappa shape index (κ3) is 2.87. The van der Waals surface area contributed by atoms with Gasteiger partial charge in [0.1, 0.15) is 0 Å². The van der Waals surface area contributed by atoms with E-state index in [1.54, 1.807) is 0 Å². The van der Waals surface area contributed by atoms with E-state index in [1.807, 2.05) is 23.1 Å². The first kappa shape index (κ1) is 14.7. The van der Waals surface area contributed by atoms with E-state index >= 15 is 0 Å². The van der Waals surface area contributed by atoms with E-state index in [4.69, 9.17) is 0 Å². The molecule has 0 aromatic heterocycles. The van der Waals surface area contributed by atoms with E-state index in [2.05, 4.69) is 11.4 Å². The standard InChI is InChI=1S/C19H24N2O2/c22-18(20-14-9-10-14)15-6-2-3-7-16(15)19(23)21-12-11-13-5-1-4-8-17(13)21/h1,4-5,8,14-16H,2-3,6-7,9-12H2,(H,20,22)/t15-,16-/m1/s1. The van der Waals surface area contributed by atoms with Gasteiger partial charge in [0, 0.05) is 24.2 Å². The summed E-state index contributed by atoms with van der Waals surface area (Å²) in [5, 5.41) is 3.11. The van der Waals surface area contributed by atoms with Crippen molar-refractivity contribution in [3.8, 4) is 0 Å². The van der Waals surface area contributed by atoms with Crippen LogP contribution in [-0.2, 0) is 16.0 Å². The molecule has 3 aliphatic rings. The van der Waals surface area contributed by atoms with Crippen LogP contribution in [0.15, 0.2) is 24.3 Å². The van der Waals surface area contributed by atoms with E-state index < -0.39 is 0 Å². The fourth-order valence-corrected chi connectivity index (χ4v) is 4.04. The fraction of sp³-hybridized carbons (Fsp3) is 0.579. The molecule has 1 aliphatic heterocycles. The zero-order valence-corrected chi connectivity index (χ0v) is 13.5. The van der Waals surface area contributed by atoms with Gasteiger partial charge in [-0.05, 0) is 43.7 Å². The fourth-order valence-electron chi connectivity index (χ4n) is 4.04. The molecule has 0 spiro atoms. The topological polar surface area (TPSA) is 49.4 Å². The zero-order valence-electron chi connectivity index (χ0n) is 13.5. The number of amides is 2. The summed E-state index contributed by atoms with van der Waals surface area (Å²) in [5.74, 6) is -0.0121. The molecule has 1 heterocycles. The van der Waals surface area contributed by atoms with Gasteiger partial charge in [-0.2, -0.15) is 0 Å². The number of carbonyl (C=O) groups excluding carboxylic acids is 2. The van der Waals surface area contributed by atoms with Gasteiger partial charge in [-0.3, -0.25) is 9.59 Å². The number of benzene rings is 1. The van der Waals surface area contributed by atoms with Crippen molar-refractivity contribution in [1.29, 1.82) is 0 Å². The van der Waals surface area contributed by atoms with Gasteiger partial charge < -0.3 is 10.2 Å². The Hall–Kier alpha value is -1.84. The highest BCUT2D eigenvalue weighted by molar-refractivity contribution is 5.99. The summed E-state index contributed by atoms with van der Waals surface area (Å²) in [6.07, 6.45) is 6.92. The first-order valence-corrected chi connectivity index (χ1v) is 8.93. The lowest BCUT2D eigenvalue weighted by Gasteiger charge is -2.32. The molecule has 2 saturated carbocycles. The molecule has 0 unspecified atom stereocenters. The van der Waals surface area contributed by atoms with Crippen LogP contribution >= 0.6 is 0 Å². The maximum atomic E-state index is 13.1. The number of carbonyl (C=O) groups is 2. The minimum absolute atomic E-state index is 0.109. The van der Waals surface area contributed by atoms with Gasteiger partial charge >= 0.3 is 0 Å². The molecule has 1 aromatic rings. The van der Waals surface area contributed by atoms with Crippen molar-refractivity contribution < 1.29 is 9.59 Å². The summed E-state index contributed by atoms with van der Waals surface area (Å²) in [6, 6.07) is 8.51. The normalized spacial score (nSPS) is 26.7. The number of hydrogen-bond donors (Lipinski definition) is 1. The van der Waals surface area contributed by atoms with Crippen LogP contribution in [0.2, 0.25) is 0 Å². The van der Waals surface area contributed by atoms with E-state index in [1.165, 1.54) is 5.56 Å². The summed E-state index contributed by atoms with van der Waals surface area (Å²) in [7, 11) is 0. The van der Waals surface area contributed by atoms with Gasteiger partial charge in [-0.25, -0.2) is 0 Å². The van der Waals surface area contributed by atoms with Gasteiger partial charge in [0.25, 0.3) is 0 Å². The lowest BCUT2D eigenvalue weighted by atomic mass is 9.77. The second kappa shape index (κ2) is 5.99. The predicted molar refractivity (Wildman–Crippen MR) is 89.1 cm³/mol. The molecule has 1 N–H and O–H groups in total. The molecule has 4 nitrogen and oxygen atoms in total. The van der Waals surface area contributed by atoms with Crippen LogP contribution in [-0.4, -0.2) is 24.4 Å². The van der Waals surface area contributed by atoms with Crippen molar-refractivity contribution in [2.24, 2.45) is 11.8 Å². The minimum Gasteiger partial charge on any atom is -0.353 e. The number of nitrogens with zero attached hydrogens (tertiary/aromatic N) is 1. The van der Waals surface area contributed by atoms with Gasteiger partial charge in [-0.1, -0.05) is 31.0 Å². The Morgan fingerprint density at radius 3 is 2.52 bits per heavy atom. The highest BCUT2D eigenvalue weighted by Crippen LogP contribution is 2.36. The van der Waals surface area contributed by atoms with Crippen molar-refractivity contribution in [3.63, 3.8) is 0 Å². The second-order valence-electron chi connectivity index (χ2n) is 7.15. The average molecular weight is 312 g/mol. The number of anilines is 1. The summed E-state index contributed by atoms with van der Waals surface area (Å²) in [4.78, 5) is 27.6. The Morgan fingerprint density at radius 1 is 1.00 bits per heavy atom. The molecule has 1 aromatic carbocycles. The lowest BCUT2D eigenvalue weighted by molar-refractivity contribution is -0.135. The van der Waals surface area contributed by atoms with Crippen LogP contribution in [0, 0.1) is 11.8 Å². The van der Waals surface area contributed by atoms with Crippen LogP contribution < -0.4 is 10.2 Å². The average Bonchev–Trinajstić information content (AvgIpc) is 3.30. The molecule has 2 amide bonds. The van der Waals surface area contributed by atoms with Crippen LogP contribution in [0.25, 0.3) is 0 Å². The largest absolute Gasteiger partial charge is 0.353 e.